The average molecular weight is 332 g/mol. The van der Waals surface area contributed by atoms with Crippen molar-refractivity contribution < 1.29 is 4.79 Å². The number of amides is 2. The number of carbonyl (C=O) groups excluding carboxylic acids is 1. The zero-order chi connectivity index (χ0) is 15.1. The smallest absolute Gasteiger partial charge is 0.303 e. The van der Waals surface area contributed by atoms with Gasteiger partial charge in [0.25, 0.3) is 0 Å². The number of piperidine rings is 1. The van der Waals surface area contributed by atoms with Gasteiger partial charge in [-0.05, 0) is 56.9 Å². The van der Waals surface area contributed by atoms with Gasteiger partial charge in [-0.25, -0.2) is 16.1 Å². The van der Waals surface area contributed by atoms with Crippen LogP contribution in [0.5, 0.6) is 0 Å². The number of rotatable bonds is 6. The summed E-state index contributed by atoms with van der Waals surface area (Å²) >= 11 is 7.70. The summed E-state index contributed by atoms with van der Waals surface area (Å²) in [4.78, 5) is 14.7. The van der Waals surface area contributed by atoms with Gasteiger partial charge in [0.2, 0.25) is 0 Å². The van der Waals surface area contributed by atoms with Gasteiger partial charge < -0.3 is 4.90 Å². The van der Waals surface area contributed by atoms with Crippen LogP contribution < -0.4 is 22.1 Å². The molecule has 21 heavy (non-hydrogen) atoms. The molecule has 2 heterocycles. The maximum atomic E-state index is 10.8. The molecule has 8 heteroatoms. The van der Waals surface area contributed by atoms with Gasteiger partial charge in [-0.1, -0.05) is 11.6 Å². The molecule has 0 spiro atoms. The van der Waals surface area contributed by atoms with Crippen LogP contribution in [0.4, 0.5) is 4.79 Å². The fraction of sp³-hybridized carbons (Fsp3) is 0.615. The Morgan fingerprint density at radius 2 is 2.19 bits per heavy atom. The van der Waals surface area contributed by atoms with Gasteiger partial charge >= 0.3 is 6.03 Å². The maximum absolute atomic E-state index is 10.8. The molecule has 2 rings (SSSR count). The highest BCUT2D eigenvalue weighted by Crippen LogP contribution is 2.34. The molecule has 0 unspecified atom stereocenters. The number of halogens is 1. The lowest BCUT2D eigenvalue weighted by Crippen LogP contribution is -2.47. The maximum Gasteiger partial charge on any atom is 0.343 e. The fourth-order valence-electron chi connectivity index (χ4n) is 2.56. The first-order valence-electron chi connectivity index (χ1n) is 7.16. The Morgan fingerprint density at radius 1 is 1.43 bits per heavy atom. The van der Waals surface area contributed by atoms with Crippen LogP contribution in [-0.2, 0) is 0 Å². The van der Waals surface area contributed by atoms with Gasteiger partial charge in [-0.3, -0.25) is 10.9 Å². The van der Waals surface area contributed by atoms with Crippen LogP contribution in [0.1, 0.15) is 30.1 Å². The number of urea groups is 1. The molecule has 0 radical (unpaired) electrons. The quantitative estimate of drug-likeness (QED) is 0.276. The van der Waals surface area contributed by atoms with Gasteiger partial charge in [0.15, 0.2) is 0 Å². The van der Waals surface area contributed by atoms with E-state index in [0.29, 0.717) is 5.92 Å². The third-order valence-electron chi connectivity index (χ3n) is 3.69. The summed E-state index contributed by atoms with van der Waals surface area (Å²) < 4.78 is 0.882. The number of nitrogens with zero attached hydrogens (tertiary/aromatic N) is 1. The molecular weight excluding hydrogens is 310 g/mol. The molecule has 0 bridgehead atoms. The highest BCUT2D eigenvalue weighted by molar-refractivity contribution is 7.16. The number of carbonyl (C=O) groups is 1. The van der Waals surface area contributed by atoms with Crippen LogP contribution >= 0.6 is 22.9 Å². The van der Waals surface area contributed by atoms with E-state index in [2.05, 4.69) is 21.8 Å². The molecule has 0 saturated carbocycles. The largest absolute Gasteiger partial charge is 0.343 e. The van der Waals surface area contributed by atoms with E-state index in [9.17, 15) is 4.79 Å². The summed E-state index contributed by atoms with van der Waals surface area (Å²) in [5, 5.41) is 0. The van der Waals surface area contributed by atoms with Crippen LogP contribution in [-0.4, -0.2) is 37.1 Å². The minimum atomic E-state index is -0.426. The minimum absolute atomic E-state index is 0.426. The van der Waals surface area contributed by atoms with Crippen molar-refractivity contribution in [1.82, 2.24) is 21.2 Å². The summed E-state index contributed by atoms with van der Waals surface area (Å²) in [5.41, 5.74) is 7.27. The normalized spacial score (nSPS) is 16.9. The second-order valence-electron chi connectivity index (χ2n) is 5.14. The van der Waals surface area contributed by atoms with E-state index >= 15 is 0 Å². The lowest BCUT2D eigenvalue weighted by Gasteiger charge is -2.31. The molecular formula is C13H22ClN5OS. The number of hydrazine groups is 2. The molecule has 6 nitrogen and oxygen atoms in total. The molecule has 0 aliphatic carbocycles. The van der Waals surface area contributed by atoms with Crippen molar-refractivity contribution in [2.45, 2.75) is 25.2 Å². The second-order valence-corrected chi connectivity index (χ2v) is 6.88. The SMILES string of the molecule is NNC(=O)NNCCCN1CCC(c2ccc(Cl)s2)CC1. The molecule has 1 aliphatic rings. The van der Waals surface area contributed by atoms with Gasteiger partial charge in [0.05, 0.1) is 4.34 Å². The first-order chi connectivity index (χ1) is 10.2. The average Bonchev–Trinajstić information content (AvgIpc) is 2.94. The molecule has 1 aromatic heterocycles. The summed E-state index contributed by atoms with van der Waals surface area (Å²) in [5.74, 6) is 5.61. The first kappa shape index (κ1) is 16.5. The van der Waals surface area contributed by atoms with Crippen molar-refractivity contribution in [3.8, 4) is 0 Å². The Bertz CT molecular complexity index is 448. The number of likely N-dealkylation sites (tertiary alicyclic amines) is 1. The highest BCUT2D eigenvalue weighted by Gasteiger charge is 2.21. The molecule has 1 aromatic rings. The van der Waals surface area contributed by atoms with Crippen molar-refractivity contribution in [2.24, 2.45) is 5.84 Å². The number of hydrogen-bond donors (Lipinski definition) is 4. The zero-order valence-electron chi connectivity index (χ0n) is 11.9. The Hall–Kier alpha value is -0.860. The van der Waals surface area contributed by atoms with Crippen LogP contribution in [0, 0.1) is 0 Å². The number of nitrogens with two attached hydrogens (primary N) is 1. The first-order valence-corrected chi connectivity index (χ1v) is 8.35. The topological polar surface area (TPSA) is 82.4 Å². The third kappa shape index (κ3) is 5.44. The fourth-order valence-corrected chi connectivity index (χ4v) is 3.79. The molecule has 118 valence electrons. The second kappa shape index (κ2) is 8.55. The molecule has 5 N–H and O–H groups in total. The standard InChI is InChI=1S/C13H22ClN5OS/c14-12-3-2-11(21-12)10-4-8-19(9-5-10)7-1-6-16-18-13(20)17-15/h2-3,10,16H,1,4-9,15H2,(H2,17,18,20). The Labute approximate surface area is 134 Å². The van der Waals surface area contributed by atoms with Crippen molar-refractivity contribution in [2.75, 3.05) is 26.2 Å². The Kier molecular flexibility index (Phi) is 6.72. The third-order valence-corrected chi connectivity index (χ3v) is 5.09. The summed E-state index contributed by atoms with van der Waals surface area (Å²) in [7, 11) is 0. The van der Waals surface area contributed by atoms with E-state index in [-0.39, 0.29) is 0 Å². The van der Waals surface area contributed by atoms with Crippen LogP contribution in [0.2, 0.25) is 4.34 Å². The summed E-state index contributed by atoms with van der Waals surface area (Å²) in [6, 6.07) is 3.72. The lowest BCUT2D eigenvalue weighted by atomic mass is 9.95. The molecule has 1 aliphatic heterocycles. The van der Waals surface area contributed by atoms with Crippen LogP contribution in [0.3, 0.4) is 0 Å². The van der Waals surface area contributed by atoms with Gasteiger partial charge in [-0.15, -0.1) is 11.3 Å². The van der Waals surface area contributed by atoms with E-state index in [0.717, 1.165) is 36.9 Å². The van der Waals surface area contributed by atoms with Crippen molar-refractivity contribution in [1.29, 1.82) is 0 Å². The van der Waals surface area contributed by atoms with Crippen molar-refractivity contribution >= 4 is 29.0 Å². The van der Waals surface area contributed by atoms with Crippen LogP contribution in [0.25, 0.3) is 0 Å². The van der Waals surface area contributed by atoms with Gasteiger partial charge in [0.1, 0.15) is 0 Å². The summed E-state index contributed by atoms with van der Waals surface area (Å²) in [6.07, 6.45) is 3.37. The number of thiophene rings is 1. The van der Waals surface area contributed by atoms with E-state index in [1.54, 1.807) is 11.3 Å². The molecule has 0 aromatic carbocycles. The molecule has 0 atom stereocenters. The Balaban J connectivity index is 1.58. The predicted molar refractivity (Wildman–Crippen MR) is 86.2 cm³/mol. The van der Waals surface area contributed by atoms with Crippen molar-refractivity contribution in [3.63, 3.8) is 0 Å². The van der Waals surface area contributed by atoms with Gasteiger partial charge in [0, 0.05) is 11.4 Å². The molecule has 2 amide bonds. The highest BCUT2D eigenvalue weighted by atomic mass is 35.5. The zero-order valence-corrected chi connectivity index (χ0v) is 13.5. The van der Waals surface area contributed by atoms with Crippen molar-refractivity contribution in [3.05, 3.63) is 21.3 Å². The predicted octanol–water partition coefficient (Wildman–Crippen LogP) is 1.65. The lowest BCUT2D eigenvalue weighted by molar-refractivity contribution is 0.209. The van der Waals surface area contributed by atoms with Gasteiger partial charge in [-0.2, -0.15) is 0 Å². The Morgan fingerprint density at radius 3 is 2.81 bits per heavy atom. The minimum Gasteiger partial charge on any atom is -0.303 e. The molecule has 1 fully saturated rings. The monoisotopic (exact) mass is 331 g/mol. The molecule has 1 saturated heterocycles. The number of nitrogens with one attached hydrogen (secondary N) is 3. The van der Waals surface area contributed by atoms with Crippen LogP contribution in [0.15, 0.2) is 12.1 Å². The summed E-state index contributed by atoms with van der Waals surface area (Å²) in [6.45, 7) is 4.01. The number of hydrogen-bond acceptors (Lipinski definition) is 5. The van der Waals surface area contributed by atoms with E-state index in [1.807, 2.05) is 11.5 Å². The van der Waals surface area contributed by atoms with E-state index in [4.69, 9.17) is 17.4 Å². The van der Waals surface area contributed by atoms with E-state index < -0.39 is 6.03 Å². The van der Waals surface area contributed by atoms with E-state index in [1.165, 1.54) is 17.7 Å².